The van der Waals surface area contributed by atoms with Crippen LogP contribution in [0, 0.1) is 0 Å². The van der Waals surface area contributed by atoms with Gasteiger partial charge in [-0.1, -0.05) is 0 Å². The molecule has 0 atom stereocenters. The van der Waals surface area contributed by atoms with Gasteiger partial charge in [0.25, 0.3) is 0 Å². The summed E-state index contributed by atoms with van der Waals surface area (Å²) in [6, 6.07) is 1.80. The standard InChI is InChI=1S/C5H5BrN2S/c6-4-1-3(9)2-8-5(4)7/h1-2,9H,(H2,7,8). The molecular formula is C5H5BrN2S. The summed E-state index contributed by atoms with van der Waals surface area (Å²) in [5.74, 6) is 0.493. The maximum Gasteiger partial charge on any atom is 0.137 e. The minimum Gasteiger partial charge on any atom is -0.383 e. The van der Waals surface area contributed by atoms with Gasteiger partial charge in [0.15, 0.2) is 0 Å². The number of hydrogen-bond acceptors (Lipinski definition) is 3. The number of pyridine rings is 1. The van der Waals surface area contributed by atoms with E-state index in [9.17, 15) is 0 Å². The molecule has 9 heavy (non-hydrogen) atoms. The number of halogens is 1. The Hall–Kier alpha value is -0.220. The molecule has 0 aliphatic rings. The highest BCUT2D eigenvalue weighted by molar-refractivity contribution is 9.10. The SMILES string of the molecule is Nc1ncc(S)cc1Br. The first-order valence-corrected chi connectivity index (χ1v) is 3.54. The van der Waals surface area contributed by atoms with Crippen LogP contribution < -0.4 is 5.73 Å². The minimum atomic E-state index is 0.493. The summed E-state index contributed by atoms with van der Waals surface area (Å²) in [6.45, 7) is 0. The Labute approximate surface area is 67.0 Å². The molecule has 1 aromatic heterocycles. The zero-order chi connectivity index (χ0) is 6.85. The quantitative estimate of drug-likeness (QED) is 0.633. The van der Waals surface area contributed by atoms with E-state index >= 15 is 0 Å². The first kappa shape index (κ1) is 6.89. The largest absolute Gasteiger partial charge is 0.383 e. The molecule has 4 heteroatoms. The van der Waals surface area contributed by atoms with Crippen LogP contribution in [0.25, 0.3) is 0 Å². The van der Waals surface area contributed by atoms with Crippen molar-refractivity contribution in [1.82, 2.24) is 4.98 Å². The molecule has 0 aliphatic carbocycles. The molecule has 1 rings (SSSR count). The van der Waals surface area contributed by atoms with Crippen LogP contribution in [-0.2, 0) is 0 Å². The second-order valence-electron chi connectivity index (χ2n) is 1.56. The van der Waals surface area contributed by atoms with Crippen LogP contribution >= 0.6 is 28.6 Å². The molecule has 0 aliphatic heterocycles. The van der Waals surface area contributed by atoms with Gasteiger partial charge in [0.05, 0.1) is 4.47 Å². The van der Waals surface area contributed by atoms with Gasteiger partial charge in [-0.2, -0.15) is 0 Å². The second-order valence-corrected chi connectivity index (χ2v) is 2.93. The lowest BCUT2D eigenvalue weighted by Gasteiger charge is -1.95. The van der Waals surface area contributed by atoms with Crippen LogP contribution in [0.3, 0.4) is 0 Å². The molecule has 0 radical (unpaired) electrons. The van der Waals surface area contributed by atoms with Crippen LogP contribution in [0.15, 0.2) is 21.6 Å². The maximum atomic E-state index is 5.40. The van der Waals surface area contributed by atoms with Crippen molar-refractivity contribution >= 4 is 34.4 Å². The lowest BCUT2D eigenvalue weighted by atomic mass is 10.5. The first-order chi connectivity index (χ1) is 4.20. The average Bonchev–Trinajstić information content (AvgIpc) is 1.80. The number of hydrogen-bond donors (Lipinski definition) is 2. The second kappa shape index (κ2) is 2.58. The van der Waals surface area contributed by atoms with E-state index in [-0.39, 0.29) is 0 Å². The highest BCUT2D eigenvalue weighted by Crippen LogP contribution is 2.18. The Balaban J connectivity index is 3.17. The van der Waals surface area contributed by atoms with E-state index in [4.69, 9.17) is 5.73 Å². The Bertz CT molecular complexity index is 226. The van der Waals surface area contributed by atoms with Gasteiger partial charge in [-0.15, -0.1) is 12.6 Å². The number of thiol groups is 1. The minimum absolute atomic E-state index is 0.493. The van der Waals surface area contributed by atoms with E-state index in [1.54, 1.807) is 12.3 Å². The van der Waals surface area contributed by atoms with Crippen molar-refractivity contribution in [3.63, 3.8) is 0 Å². The van der Waals surface area contributed by atoms with Crippen molar-refractivity contribution in [3.05, 3.63) is 16.7 Å². The van der Waals surface area contributed by atoms with Crippen LogP contribution in [0.4, 0.5) is 5.82 Å². The molecular weight excluding hydrogens is 200 g/mol. The van der Waals surface area contributed by atoms with Gasteiger partial charge in [-0.3, -0.25) is 0 Å². The van der Waals surface area contributed by atoms with Crippen molar-refractivity contribution in [2.75, 3.05) is 5.73 Å². The lowest BCUT2D eigenvalue weighted by Crippen LogP contribution is -1.89. The smallest absolute Gasteiger partial charge is 0.137 e. The van der Waals surface area contributed by atoms with Crippen molar-refractivity contribution < 1.29 is 0 Å². The molecule has 0 fully saturated rings. The number of anilines is 1. The van der Waals surface area contributed by atoms with Crippen LogP contribution in [0.1, 0.15) is 0 Å². The fraction of sp³-hybridized carbons (Fsp3) is 0. The van der Waals surface area contributed by atoms with E-state index in [1.807, 2.05) is 0 Å². The van der Waals surface area contributed by atoms with Crippen LogP contribution in [0.2, 0.25) is 0 Å². The number of rotatable bonds is 0. The van der Waals surface area contributed by atoms with Crippen molar-refractivity contribution in [2.24, 2.45) is 0 Å². The fourth-order valence-electron chi connectivity index (χ4n) is 0.438. The predicted molar refractivity (Wildman–Crippen MR) is 43.6 cm³/mol. The molecule has 48 valence electrons. The van der Waals surface area contributed by atoms with Gasteiger partial charge < -0.3 is 5.73 Å². The summed E-state index contributed by atoms with van der Waals surface area (Å²) in [7, 11) is 0. The molecule has 0 amide bonds. The van der Waals surface area contributed by atoms with Crippen LogP contribution in [-0.4, -0.2) is 4.98 Å². The third kappa shape index (κ3) is 1.59. The Morgan fingerprint density at radius 3 is 2.78 bits per heavy atom. The van der Waals surface area contributed by atoms with E-state index < -0.39 is 0 Å². The average molecular weight is 205 g/mol. The third-order valence-corrected chi connectivity index (χ3v) is 1.73. The summed E-state index contributed by atoms with van der Waals surface area (Å²) in [5, 5.41) is 0. The van der Waals surface area contributed by atoms with Gasteiger partial charge in [0.2, 0.25) is 0 Å². The number of nitrogens with zero attached hydrogens (tertiary/aromatic N) is 1. The van der Waals surface area contributed by atoms with E-state index in [0.717, 1.165) is 9.37 Å². The molecule has 2 N–H and O–H groups in total. The summed E-state index contributed by atoms with van der Waals surface area (Å²) in [5.41, 5.74) is 5.40. The fourth-order valence-corrected chi connectivity index (χ4v) is 1.15. The monoisotopic (exact) mass is 204 g/mol. The van der Waals surface area contributed by atoms with Crippen molar-refractivity contribution in [1.29, 1.82) is 0 Å². The summed E-state index contributed by atoms with van der Waals surface area (Å²) in [6.07, 6.45) is 1.60. The van der Waals surface area contributed by atoms with Gasteiger partial charge in [0, 0.05) is 11.1 Å². The van der Waals surface area contributed by atoms with Crippen molar-refractivity contribution in [3.8, 4) is 0 Å². The van der Waals surface area contributed by atoms with E-state index in [0.29, 0.717) is 5.82 Å². The van der Waals surface area contributed by atoms with E-state index in [2.05, 4.69) is 33.5 Å². The highest BCUT2D eigenvalue weighted by Gasteiger charge is 1.93. The van der Waals surface area contributed by atoms with E-state index in [1.165, 1.54) is 0 Å². The zero-order valence-electron chi connectivity index (χ0n) is 4.50. The number of nitrogen functional groups attached to an aromatic ring is 1. The molecule has 0 saturated carbocycles. The van der Waals surface area contributed by atoms with Gasteiger partial charge in [-0.25, -0.2) is 4.98 Å². The summed E-state index contributed by atoms with van der Waals surface area (Å²) < 4.78 is 0.787. The molecule has 1 heterocycles. The molecule has 0 bridgehead atoms. The molecule has 0 spiro atoms. The number of nitrogens with two attached hydrogens (primary N) is 1. The molecule has 0 aromatic carbocycles. The third-order valence-electron chi connectivity index (χ3n) is 0.855. The Morgan fingerprint density at radius 1 is 1.67 bits per heavy atom. The zero-order valence-corrected chi connectivity index (χ0v) is 6.98. The Kier molecular flexibility index (Phi) is 1.97. The molecule has 0 saturated heterocycles. The predicted octanol–water partition coefficient (Wildman–Crippen LogP) is 1.71. The van der Waals surface area contributed by atoms with Gasteiger partial charge in [0.1, 0.15) is 5.82 Å². The normalized spacial score (nSPS) is 9.56. The highest BCUT2D eigenvalue weighted by atomic mass is 79.9. The van der Waals surface area contributed by atoms with Crippen molar-refractivity contribution in [2.45, 2.75) is 4.90 Å². The summed E-state index contributed by atoms with van der Waals surface area (Å²) in [4.78, 5) is 4.63. The maximum absolute atomic E-state index is 5.40. The molecule has 1 aromatic rings. The van der Waals surface area contributed by atoms with Crippen LogP contribution in [0.5, 0.6) is 0 Å². The molecule has 2 nitrogen and oxygen atoms in total. The van der Waals surface area contributed by atoms with Gasteiger partial charge >= 0.3 is 0 Å². The number of aromatic nitrogens is 1. The summed E-state index contributed by atoms with van der Waals surface area (Å²) >= 11 is 7.26. The molecule has 0 unspecified atom stereocenters. The Morgan fingerprint density at radius 2 is 2.33 bits per heavy atom. The first-order valence-electron chi connectivity index (χ1n) is 2.30. The van der Waals surface area contributed by atoms with Gasteiger partial charge in [-0.05, 0) is 22.0 Å². The topological polar surface area (TPSA) is 38.9 Å². The lowest BCUT2D eigenvalue weighted by molar-refractivity contribution is 1.24.